The number of aromatic nitrogens is 1. The molecule has 0 amide bonds. The van der Waals surface area contributed by atoms with Gasteiger partial charge in [0.15, 0.2) is 0 Å². The number of aryl methyl sites for hydroxylation is 1. The largest absolute Gasteiger partial charge is 0.359 e. The highest BCUT2D eigenvalue weighted by Crippen LogP contribution is 2.18. The molecule has 0 unspecified atom stereocenters. The van der Waals surface area contributed by atoms with Crippen molar-refractivity contribution in [3.8, 4) is 6.07 Å². The molecule has 0 saturated carbocycles. The zero-order valence-electron chi connectivity index (χ0n) is 10.3. The van der Waals surface area contributed by atoms with E-state index in [-0.39, 0.29) is 6.79 Å². The summed E-state index contributed by atoms with van der Waals surface area (Å²) in [7, 11) is 1.56. The summed E-state index contributed by atoms with van der Waals surface area (Å²) in [5, 5.41) is 9.15. The SMILES string of the molecule is CCc1[nH]c(=S)c(COCOC)c(C)c1C#N. The summed E-state index contributed by atoms with van der Waals surface area (Å²) in [5.41, 5.74) is 3.29. The average Bonchev–Trinajstić information content (AvgIpc) is 2.32. The smallest absolute Gasteiger partial charge is 0.146 e. The van der Waals surface area contributed by atoms with Crippen molar-refractivity contribution in [3.63, 3.8) is 0 Å². The monoisotopic (exact) mass is 252 g/mol. The maximum atomic E-state index is 9.15. The minimum atomic E-state index is 0.214. The molecule has 0 aliphatic heterocycles. The van der Waals surface area contributed by atoms with Gasteiger partial charge in [0.2, 0.25) is 0 Å². The van der Waals surface area contributed by atoms with E-state index >= 15 is 0 Å². The number of rotatable bonds is 5. The molecule has 1 heterocycles. The molecule has 0 atom stereocenters. The number of methoxy groups -OCH3 is 1. The van der Waals surface area contributed by atoms with Gasteiger partial charge in [0.1, 0.15) is 17.5 Å². The van der Waals surface area contributed by atoms with Gasteiger partial charge in [-0.1, -0.05) is 19.1 Å². The summed E-state index contributed by atoms with van der Waals surface area (Å²) in [6, 6.07) is 2.21. The summed E-state index contributed by atoms with van der Waals surface area (Å²) in [5.74, 6) is 0. The number of hydrogen-bond donors (Lipinski definition) is 1. The Morgan fingerprint density at radius 2 is 2.18 bits per heavy atom. The lowest BCUT2D eigenvalue weighted by Crippen LogP contribution is -2.05. The van der Waals surface area contributed by atoms with E-state index in [4.69, 9.17) is 27.0 Å². The first-order chi connectivity index (χ1) is 8.15. The Labute approximate surface area is 106 Å². The first-order valence-electron chi connectivity index (χ1n) is 5.37. The molecule has 0 radical (unpaired) electrons. The van der Waals surface area contributed by atoms with Gasteiger partial charge in [-0.25, -0.2) is 0 Å². The number of nitrogens with one attached hydrogen (secondary N) is 1. The fourth-order valence-electron chi connectivity index (χ4n) is 1.64. The van der Waals surface area contributed by atoms with Gasteiger partial charge in [-0.05, 0) is 18.9 Å². The van der Waals surface area contributed by atoms with Crippen LogP contribution >= 0.6 is 12.2 Å². The Morgan fingerprint density at radius 1 is 1.47 bits per heavy atom. The van der Waals surface area contributed by atoms with Crippen LogP contribution in [0, 0.1) is 22.9 Å². The Balaban J connectivity index is 3.15. The minimum absolute atomic E-state index is 0.214. The van der Waals surface area contributed by atoms with Crippen molar-refractivity contribution >= 4 is 12.2 Å². The summed E-state index contributed by atoms with van der Waals surface area (Å²) in [6.45, 7) is 4.45. The molecular weight excluding hydrogens is 236 g/mol. The van der Waals surface area contributed by atoms with Gasteiger partial charge in [0, 0.05) is 18.4 Å². The first kappa shape index (κ1) is 13.8. The zero-order chi connectivity index (χ0) is 12.8. The molecule has 1 rings (SSSR count). The van der Waals surface area contributed by atoms with Crippen LogP contribution < -0.4 is 0 Å². The van der Waals surface area contributed by atoms with E-state index in [1.807, 2.05) is 13.8 Å². The zero-order valence-corrected chi connectivity index (χ0v) is 11.1. The minimum Gasteiger partial charge on any atom is -0.359 e. The second-order valence-electron chi connectivity index (χ2n) is 3.63. The van der Waals surface area contributed by atoms with Crippen LogP contribution in [0.1, 0.15) is 29.3 Å². The van der Waals surface area contributed by atoms with Crippen LogP contribution in [0.4, 0.5) is 0 Å². The van der Waals surface area contributed by atoms with Crippen molar-refractivity contribution in [3.05, 3.63) is 27.0 Å². The third-order valence-electron chi connectivity index (χ3n) is 2.58. The summed E-state index contributed by atoms with van der Waals surface area (Å²) in [4.78, 5) is 3.08. The highest BCUT2D eigenvalue weighted by atomic mass is 32.1. The number of nitrogens with zero attached hydrogens (tertiary/aromatic N) is 1. The third-order valence-corrected chi connectivity index (χ3v) is 2.93. The van der Waals surface area contributed by atoms with Gasteiger partial charge >= 0.3 is 0 Å². The van der Waals surface area contributed by atoms with Crippen LogP contribution in [0.15, 0.2) is 0 Å². The lowest BCUT2D eigenvalue weighted by Gasteiger charge is -2.11. The Kier molecular flexibility index (Phi) is 5.29. The number of nitriles is 1. The maximum Gasteiger partial charge on any atom is 0.146 e. The molecule has 5 heteroatoms. The van der Waals surface area contributed by atoms with Crippen molar-refractivity contribution in [1.82, 2.24) is 4.98 Å². The Bertz CT molecular complexity index is 489. The number of H-pyrrole nitrogens is 1. The lowest BCUT2D eigenvalue weighted by molar-refractivity contribution is -0.0394. The second kappa shape index (κ2) is 6.50. The molecule has 0 saturated heterocycles. The van der Waals surface area contributed by atoms with E-state index in [0.717, 1.165) is 23.2 Å². The van der Waals surface area contributed by atoms with E-state index in [0.29, 0.717) is 16.8 Å². The number of pyridine rings is 1. The lowest BCUT2D eigenvalue weighted by atomic mass is 10.0. The molecule has 0 fully saturated rings. The summed E-state index contributed by atoms with van der Waals surface area (Å²) in [6.07, 6.45) is 0.757. The van der Waals surface area contributed by atoms with E-state index in [2.05, 4.69) is 11.1 Å². The fourth-order valence-corrected chi connectivity index (χ4v) is 1.98. The van der Waals surface area contributed by atoms with Gasteiger partial charge in [0.25, 0.3) is 0 Å². The van der Waals surface area contributed by atoms with Crippen LogP contribution in [0.25, 0.3) is 0 Å². The van der Waals surface area contributed by atoms with Crippen LogP contribution in [0.3, 0.4) is 0 Å². The molecule has 1 N–H and O–H groups in total. The van der Waals surface area contributed by atoms with Crippen LogP contribution in [-0.4, -0.2) is 18.9 Å². The Hall–Kier alpha value is -1.22. The Morgan fingerprint density at radius 3 is 2.71 bits per heavy atom. The van der Waals surface area contributed by atoms with E-state index in [1.165, 1.54) is 0 Å². The molecule has 1 aromatic heterocycles. The van der Waals surface area contributed by atoms with E-state index < -0.39 is 0 Å². The van der Waals surface area contributed by atoms with Gasteiger partial charge in [-0.15, -0.1) is 0 Å². The highest BCUT2D eigenvalue weighted by Gasteiger charge is 2.11. The second-order valence-corrected chi connectivity index (χ2v) is 4.04. The van der Waals surface area contributed by atoms with Gasteiger partial charge in [-0.2, -0.15) is 5.26 Å². The highest BCUT2D eigenvalue weighted by molar-refractivity contribution is 7.71. The van der Waals surface area contributed by atoms with E-state index in [1.54, 1.807) is 7.11 Å². The summed E-state index contributed by atoms with van der Waals surface area (Å²) >= 11 is 5.26. The van der Waals surface area contributed by atoms with E-state index in [9.17, 15) is 0 Å². The van der Waals surface area contributed by atoms with Gasteiger partial charge < -0.3 is 14.5 Å². The van der Waals surface area contributed by atoms with Crippen molar-refractivity contribution in [2.75, 3.05) is 13.9 Å². The van der Waals surface area contributed by atoms with Crippen LogP contribution in [-0.2, 0) is 22.5 Å². The number of ether oxygens (including phenoxy) is 2. The predicted octanol–water partition coefficient (Wildman–Crippen LogP) is 2.61. The van der Waals surface area contributed by atoms with Crippen LogP contribution in [0.5, 0.6) is 0 Å². The molecule has 92 valence electrons. The van der Waals surface area contributed by atoms with Gasteiger partial charge in [0.05, 0.1) is 12.2 Å². The van der Waals surface area contributed by atoms with Crippen molar-refractivity contribution in [1.29, 1.82) is 5.26 Å². The molecule has 0 aromatic carbocycles. The third kappa shape index (κ3) is 3.13. The van der Waals surface area contributed by atoms with Crippen molar-refractivity contribution in [2.45, 2.75) is 26.9 Å². The molecule has 0 aliphatic carbocycles. The number of hydrogen-bond acceptors (Lipinski definition) is 4. The molecule has 0 spiro atoms. The molecule has 0 aliphatic rings. The summed E-state index contributed by atoms with van der Waals surface area (Å²) < 4.78 is 10.7. The van der Waals surface area contributed by atoms with Crippen LogP contribution in [0.2, 0.25) is 0 Å². The quantitative estimate of drug-likeness (QED) is 0.497. The molecule has 1 aromatic rings. The molecule has 4 nitrogen and oxygen atoms in total. The average molecular weight is 252 g/mol. The predicted molar refractivity (Wildman–Crippen MR) is 67.1 cm³/mol. The topological polar surface area (TPSA) is 58.0 Å². The maximum absolute atomic E-state index is 9.15. The first-order valence-corrected chi connectivity index (χ1v) is 5.77. The fraction of sp³-hybridized carbons (Fsp3) is 0.500. The molecular formula is C12H16N2O2S. The molecule has 17 heavy (non-hydrogen) atoms. The normalized spacial score (nSPS) is 10.2. The number of aromatic amines is 1. The molecule has 0 bridgehead atoms. The van der Waals surface area contributed by atoms with Gasteiger partial charge in [-0.3, -0.25) is 0 Å². The van der Waals surface area contributed by atoms with Crippen molar-refractivity contribution < 1.29 is 9.47 Å². The standard InChI is InChI=1S/C12H16N2O2S/c1-4-11-9(5-13)8(2)10(12(17)14-11)6-16-7-15-3/h4,6-7H2,1-3H3,(H,14,17). The van der Waals surface area contributed by atoms with Crippen molar-refractivity contribution in [2.24, 2.45) is 0 Å².